The van der Waals surface area contributed by atoms with Gasteiger partial charge in [-0.3, -0.25) is 9.59 Å². The first-order valence-corrected chi connectivity index (χ1v) is 11.1. The summed E-state index contributed by atoms with van der Waals surface area (Å²) < 4.78 is 5.49. The van der Waals surface area contributed by atoms with Crippen molar-refractivity contribution in [2.24, 2.45) is 0 Å². The van der Waals surface area contributed by atoms with Gasteiger partial charge in [-0.1, -0.05) is 53.6 Å². The van der Waals surface area contributed by atoms with E-state index >= 15 is 0 Å². The molecule has 2 aromatic rings. The first kappa shape index (κ1) is 23.6. The second-order valence-electron chi connectivity index (χ2n) is 7.83. The molecule has 0 atom stereocenters. The van der Waals surface area contributed by atoms with Crippen molar-refractivity contribution in [2.45, 2.75) is 33.2 Å². The highest BCUT2D eigenvalue weighted by atomic mass is 35.5. The van der Waals surface area contributed by atoms with Crippen molar-refractivity contribution < 1.29 is 14.3 Å². The van der Waals surface area contributed by atoms with E-state index in [1.807, 2.05) is 56.3 Å². The smallest absolute Gasteiger partial charge is 0.254 e. The van der Waals surface area contributed by atoms with E-state index in [1.54, 1.807) is 35.1 Å². The monoisotopic (exact) mass is 452 g/mol. The molecule has 6 heteroatoms. The number of ether oxygens (including phenoxy) is 1. The Hall–Kier alpha value is -3.05. The fraction of sp³-hybridized carbons (Fsp3) is 0.308. The second-order valence-corrected chi connectivity index (χ2v) is 8.23. The fourth-order valence-corrected chi connectivity index (χ4v) is 4.01. The summed E-state index contributed by atoms with van der Waals surface area (Å²) in [4.78, 5) is 29.3. The van der Waals surface area contributed by atoms with Crippen LogP contribution in [0, 0.1) is 0 Å². The van der Waals surface area contributed by atoms with Crippen LogP contribution in [0.3, 0.4) is 0 Å². The number of halogens is 1. The van der Waals surface area contributed by atoms with Crippen molar-refractivity contribution in [1.29, 1.82) is 0 Å². The first-order chi connectivity index (χ1) is 15.4. The third-order valence-electron chi connectivity index (χ3n) is 5.41. The molecule has 1 aliphatic rings. The number of benzene rings is 2. The summed E-state index contributed by atoms with van der Waals surface area (Å²) in [5.74, 6) is 0.640. The van der Waals surface area contributed by atoms with Crippen LogP contribution < -0.4 is 9.64 Å². The summed E-state index contributed by atoms with van der Waals surface area (Å²) in [6, 6.07) is 12.8. The molecule has 32 heavy (non-hydrogen) atoms. The maximum Gasteiger partial charge on any atom is 0.254 e. The number of anilines is 1. The molecule has 0 unspecified atom stereocenters. The van der Waals surface area contributed by atoms with Gasteiger partial charge in [-0.25, -0.2) is 0 Å². The van der Waals surface area contributed by atoms with Gasteiger partial charge in [-0.15, -0.1) is 0 Å². The maximum atomic E-state index is 13.6. The molecule has 168 valence electrons. The van der Waals surface area contributed by atoms with E-state index in [1.165, 1.54) is 0 Å². The number of allylic oxidation sites excluding steroid dienone is 3. The van der Waals surface area contributed by atoms with E-state index in [0.29, 0.717) is 42.3 Å². The Balaban J connectivity index is 1.95. The van der Waals surface area contributed by atoms with E-state index in [0.717, 1.165) is 23.3 Å². The summed E-state index contributed by atoms with van der Waals surface area (Å²) in [6.07, 6.45) is 7.21. The molecule has 2 amide bonds. The minimum atomic E-state index is -0.131. The van der Waals surface area contributed by atoms with Gasteiger partial charge >= 0.3 is 0 Å². The molecular formula is C26H29ClN2O3. The van der Waals surface area contributed by atoms with Crippen molar-refractivity contribution in [3.8, 4) is 5.75 Å². The Morgan fingerprint density at radius 2 is 2.03 bits per heavy atom. The van der Waals surface area contributed by atoms with Crippen LogP contribution in [0.4, 0.5) is 5.69 Å². The van der Waals surface area contributed by atoms with Crippen LogP contribution in [-0.4, -0.2) is 36.9 Å². The standard InChI is InChI=1S/C26H29ClN2O3/c1-4-5-9-19(2)17-28(18-21-10-6-7-11-24(21)32-3)26(31)20-13-14-22(27)23(16-20)29-15-8-12-25(29)30/h4-7,9-11,13-14,16H,8,12,15,17-18H2,1-3H3/b5-4-,19-9+. The fourth-order valence-electron chi connectivity index (χ4n) is 3.79. The number of carbonyl (C=O) groups excluding carboxylic acids is 2. The zero-order valence-electron chi connectivity index (χ0n) is 18.8. The highest BCUT2D eigenvalue weighted by Crippen LogP contribution is 2.31. The van der Waals surface area contributed by atoms with Gasteiger partial charge in [0.2, 0.25) is 5.91 Å². The van der Waals surface area contributed by atoms with E-state index < -0.39 is 0 Å². The molecule has 0 aliphatic carbocycles. The van der Waals surface area contributed by atoms with Crippen LogP contribution in [0.15, 0.2) is 66.3 Å². The minimum absolute atomic E-state index is 0.0347. The minimum Gasteiger partial charge on any atom is -0.496 e. The predicted octanol–water partition coefficient (Wildman–Crippen LogP) is 5.64. The van der Waals surface area contributed by atoms with Gasteiger partial charge in [0.1, 0.15) is 5.75 Å². The lowest BCUT2D eigenvalue weighted by Crippen LogP contribution is -2.32. The molecule has 5 nitrogen and oxygen atoms in total. The van der Waals surface area contributed by atoms with Crippen LogP contribution in [0.25, 0.3) is 0 Å². The Morgan fingerprint density at radius 1 is 1.25 bits per heavy atom. The largest absolute Gasteiger partial charge is 0.496 e. The molecular weight excluding hydrogens is 424 g/mol. The number of hydrogen-bond acceptors (Lipinski definition) is 3. The molecule has 0 aromatic heterocycles. The van der Waals surface area contributed by atoms with Crippen molar-refractivity contribution in [1.82, 2.24) is 4.90 Å². The SMILES string of the molecule is C/C=C\C=C(/C)CN(Cc1ccccc1OC)C(=O)c1ccc(Cl)c(N2CCCC2=O)c1. The summed E-state index contributed by atoms with van der Waals surface area (Å²) in [5, 5.41) is 0.470. The van der Waals surface area contributed by atoms with Gasteiger partial charge in [-0.2, -0.15) is 0 Å². The van der Waals surface area contributed by atoms with Gasteiger partial charge in [0.25, 0.3) is 5.91 Å². The highest BCUT2D eigenvalue weighted by Gasteiger charge is 2.26. The maximum absolute atomic E-state index is 13.6. The second kappa shape index (κ2) is 11.0. The van der Waals surface area contributed by atoms with Gasteiger partial charge in [0, 0.05) is 37.2 Å². The molecule has 1 aliphatic heterocycles. The Bertz CT molecular complexity index is 1050. The predicted molar refractivity (Wildman–Crippen MR) is 129 cm³/mol. The molecule has 0 N–H and O–H groups in total. The summed E-state index contributed by atoms with van der Waals surface area (Å²) >= 11 is 6.38. The van der Waals surface area contributed by atoms with E-state index in [9.17, 15) is 9.59 Å². The Morgan fingerprint density at radius 3 is 2.72 bits per heavy atom. The average molecular weight is 453 g/mol. The first-order valence-electron chi connectivity index (χ1n) is 10.7. The number of para-hydroxylation sites is 1. The molecule has 3 rings (SSSR count). The number of nitrogens with zero attached hydrogens (tertiary/aromatic N) is 2. The molecule has 0 radical (unpaired) electrons. The molecule has 0 spiro atoms. The zero-order valence-corrected chi connectivity index (χ0v) is 19.6. The normalized spacial score (nSPS) is 14.3. The molecule has 0 saturated carbocycles. The quantitative estimate of drug-likeness (QED) is 0.487. The van der Waals surface area contributed by atoms with Crippen molar-refractivity contribution in [2.75, 3.05) is 25.1 Å². The lowest BCUT2D eigenvalue weighted by atomic mass is 10.1. The number of carbonyl (C=O) groups is 2. The van der Waals surface area contributed by atoms with Crippen LogP contribution in [0.1, 0.15) is 42.6 Å². The van der Waals surface area contributed by atoms with Gasteiger partial charge in [0.05, 0.1) is 17.8 Å². The van der Waals surface area contributed by atoms with Crippen LogP contribution in [-0.2, 0) is 11.3 Å². The third kappa shape index (κ3) is 5.60. The number of methoxy groups -OCH3 is 1. The highest BCUT2D eigenvalue weighted by molar-refractivity contribution is 6.34. The molecule has 1 heterocycles. The number of rotatable bonds is 8. The molecule has 2 aromatic carbocycles. The van der Waals surface area contributed by atoms with Gasteiger partial charge in [0.15, 0.2) is 0 Å². The van der Waals surface area contributed by atoms with Gasteiger partial charge < -0.3 is 14.5 Å². The van der Waals surface area contributed by atoms with Crippen LogP contribution in [0.2, 0.25) is 5.02 Å². The lowest BCUT2D eigenvalue weighted by Gasteiger charge is -2.25. The van der Waals surface area contributed by atoms with Crippen LogP contribution >= 0.6 is 11.6 Å². The van der Waals surface area contributed by atoms with E-state index in [-0.39, 0.29) is 11.8 Å². The van der Waals surface area contributed by atoms with Gasteiger partial charge in [-0.05, 0) is 44.5 Å². The Labute approximate surface area is 194 Å². The summed E-state index contributed by atoms with van der Waals surface area (Å²) in [7, 11) is 1.63. The van der Waals surface area contributed by atoms with E-state index in [4.69, 9.17) is 16.3 Å². The number of amides is 2. The summed E-state index contributed by atoms with van der Waals surface area (Å²) in [5.41, 5.74) is 3.07. The van der Waals surface area contributed by atoms with Crippen molar-refractivity contribution in [3.63, 3.8) is 0 Å². The lowest BCUT2D eigenvalue weighted by molar-refractivity contribution is -0.117. The van der Waals surface area contributed by atoms with Crippen molar-refractivity contribution in [3.05, 3.63) is 82.4 Å². The molecule has 0 bridgehead atoms. The van der Waals surface area contributed by atoms with E-state index in [2.05, 4.69) is 0 Å². The number of hydrogen-bond donors (Lipinski definition) is 0. The van der Waals surface area contributed by atoms with Crippen molar-refractivity contribution >= 4 is 29.1 Å². The molecule has 1 saturated heterocycles. The third-order valence-corrected chi connectivity index (χ3v) is 5.73. The average Bonchev–Trinajstić information content (AvgIpc) is 3.23. The summed E-state index contributed by atoms with van der Waals surface area (Å²) in [6.45, 7) is 5.42. The molecule has 1 fully saturated rings. The zero-order chi connectivity index (χ0) is 23.1. The van der Waals surface area contributed by atoms with Crippen LogP contribution in [0.5, 0.6) is 5.75 Å². The Kier molecular flexibility index (Phi) is 8.12. The topological polar surface area (TPSA) is 49.9 Å².